The van der Waals surface area contributed by atoms with Gasteiger partial charge in [0.05, 0.1) is 5.56 Å². The number of amides is 2. The van der Waals surface area contributed by atoms with E-state index in [0.29, 0.717) is 21.8 Å². The van der Waals surface area contributed by atoms with Crippen molar-refractivity contribution in [3.05, 3.63) is 92.7 Å². The lowest BCUT2D eigenvalue weighted by Gasteiger charge is -2.09. The molecular formula is C21H18ClN3O3S. The number of hydrogen-bond acceptors (Lipinski definition) is 4. The molecule has 3 N–H and O–H groups in total. The van der Waals surface area contributed by atoms with E-state index in [4.69, 9.17) is 28.6 Å². The van der Waals surface area contributed by atoms with Crippen LogP contribution < -0.4 is 15.6 Å². The fourth-order valence-electron chi connectivity index (χ4n) is 2.48. The van der Waals surface area contributed by atoms with Crippen molar-refractivity contribution in [1.29, 1.82) is 0 Å². The Hall–Kier alpha value is -3.16. The number of carbonyl (C=O) groups excluding carboxylic acids is 2. The minimum atomic E-state index is -0.497. The topological polar surface area (TPSA) is 83.2 Å². The Balaban J connectivity index is 1.54. The monoisotopic (exact) mass is 427 g/mol. The second kappa shape index (κ2) is 9.36. The number of hydrazine groups is 1. The normalized spacial score (nSPS) is 10.3. The van der Waals surface area contributed by atoms with Gasteiger partial charge in [0.2, 0.25) is 0 Å². The zero-order valence-electron chi connectivity index (χ0n) is 15.5. The summed E-state index contributed by atoms with van der Waals surface area (Å²) in [5.41, 5.74) is 7.22. The molecule has 0 atom stereocenters. The molecule has 29 heavy (non-hydrogen) atoms. The Morgan fingerprint density at radius 1 is 1.07 bits per heavy atom. The van der Waals surface area contributed by atoms with E-state index >= 15 is 0 Å². The lowest BCUT2D eigenvalue weighted by molar-refractivity contribution is 0.0846. The number of aryl methyl sites for hydroxylation is 1. The van der Waals surface area contributed by atoms with Crippen LogP contribution in [-0.2, 0) is 6.61 Å². The van der Waals surface area contributed by atoms with E-state index in [1.165, 1.54) is 0 Å². The summed E-state index contributed by atoms with van der Waals surface area (Å²) in [7, 11) is 0. The largest absolute Gasteiger partial charge is 0.489 e. The van der Waals surface area contributed by atoms with Crippen LogP contribution in [0.5, 0.6) is 5.75 Å². The van der Waals surface area contributed by atoms with Crippen molar-refractivity contribution < 1.29 is 14.3 Å². The first-order valence-electron chi connectivity index (χ1n) is 8.70. The van der Waals surface area contributed by atoms with Crippen LogP contribution in [-0.4, -0.2) is 16.8 Å². The van der Waals surface area contributed by atoms with Gasteiger partial charge >= 0.3 is 0 Å². The number of aromatic amines is 1. The fraction of sp³-hybridized carbons (Fsp3) is 0.0952. The Labute approximate surface area is 177 Å². The van der Waals surface area contributed by atoms with Crippen molar-refractivity contribution >= 4 is 35.6 Å². The van der Waals surface area contributed by atoms with E-state index in [0.717, 1.165) is 16.9 Å². The molecule has 0 aliphatic rings. The summed E-state index contributed by atoms with van der Waals surface area (Å²) < 4.78 is 6.03. The first-order valence-corrected chi connectivity index (χ1v) is 9.49. The predicted molar refractivity (Wildman–Crippen MR) is 114 cm³/mol. The zero-order chi connectivity index (χ0) is 20.8. The van der Waals surface area contributed by atoms with Crippen LogP contribution in [0.15, 0.2) is 60.8 Å². The number of H-pyrrole nitrogens is 1. The van der Waals surface area contributed by atoms with Gasteiger partial charge in [-0.1, -0.05) is 36.0 Å². The van der Waals surface area contributed by atoms with E-state index in [2.05, 4.69) is 15.8 Å². The van der Waals surface area contributed by atoms with Gasteiger partial charge in [0, 0.05) is 16.8 Å². The lowest BCUT2D eigenvalue weighted by atomic mass is 10.1. The molecular weight excluding hydrogens is 410 g/mol. The summed E-state index contributed by atoms with van der Waals surface area (Å²) in [5.74, 6) is -0.218. The average molecular weight is 428 g/mol. The van der Waals surface area contributed by atoms with Crippen molar-refractivity contribution in [3.63, 3.8) is 0 Å². The molecule has 148 valence electrons. The number of aromatic nitrogens is 1. The maximum Gasteiger partial charge on any atom is 0.272 e. The number of ether oxygens (including phenoxy) is 1. The third-order valence-corrected chi connectivity index (χ3v) is 4.87. The van der Waals surface area contributed by atoms with E-state index in [-0.39, 0.29) is 5.56 Å². The highest BCUT2D eigenvalue weighted by Crippen LogP contribution is 2.21. The summed E-state index contributed by atoms with van der Waals surface area (Å²) in [5, 5.41) is 0.689. The maximum atomic E-state index is 12.2. The van der Waals surface area contributed by atoms with Crippen molar-refractivity contribution in [2.24, 2.45) is 0 Å². The van der Waals surface area contributed by atoms with Gasteiger partial charge in [0.1, 0.15) is 17.0 Å². The standard InChI is InChI=1S/C21H18ClN3O3S/c1-13-11-16(8-9-18(13)22)28-12-14-4-6-15(7-5-14)19(26)24-25-20(27)17-3-2-10-23-21(17)29/h2-11H,12H2,1H3,(H,23,29)(H,24,26)(H,25,27). The third-order valence-electron chi connectivity index (χ3n) is 4.10. The molecule has 0 spiro atoms. The number of halogens is 1. The van der Waals surface area contributed by atoms with Gasteiger partial charge < -0.3 is 9.72 Å². The summed E-state index contributed by atoms with van der Waals surface area (Å²) in [6, 6.07) is 15.6. The summed E-state index contributed by atoms with van der Waals surface area (Å²) in [4.78, 5) is 27.1. The average Bonchev–Trinajstić information content (AvgIpc) is 2.73. The third kappa shape index (κ3) is 5.43. The molecule has 0 aliphatic heterocycles. The van der Waals surface area contributed by atoms with Crippen LogP contribution in [0.4, 0.5) is 0 Å². The Morgan fingerprint density at radius 3 is 2.48 bits per heavy atom. The second-order valence-electron chi connectivity index (χ2n) is 6.22. The van der Waals surface area contributed by atoms with Gasteiger partial charge in [-0.15, -0.1) is 0 Å². The molecule has 6 nitrogen and oxygen atoms in total. The molecule has 1 aromatic heterocycles. The van der Waals surface area contributed by atoms with Crippen molar-refractivity contribution in [3.8, 4) is 5.75 Å². The predicted octanol–water partition coefficient (Wildman–Crippen LogP) is 4.36. The SMILES string of the molecule is Cc1cc(OCc2ccc(C(=O)NNC(=O)c3ccc[nH]c3=S)cc2)ccc1Cl. The minimum absolute atomic E-state index is 0.271. The van der Waals surface area contributed by atoms with Crippen LogP contribution in [0.25, 0.3) is 0 Å². The van der Waals surface area contributed by atoms with Crippen LogP contribution in [0.1, 0.15) is 31.8 Å². The molecule has 0 unspecified atom stereocenters. The number of hydrogen-bond donors (Lipinski definition) is 3. The van der Waals surface area contributed by atoms with E-state index in [1.54, 1.807) is 54.7 Å². The van der Waals surface area contributed by atoms with Crippen LogP contribution in [0.3, 0.4) is 0 Å². The molecule has 0 bridgehead atoms. The fourth-order valence-corrected chi connectivity index (χ4v) is 2.83. The number of pyridine rings is 1. The van der Waals surface area contributed by atoms with E-state index in [9.17, 15) is 9.59 Å². The highest BCUT2D eigenvalue weighted by atomic mass is 35.5. The molecule has 8 heteroatoms. The van der Waals surface area contributed by atoms with E-state index < -0.39 is 11.8 Å². The van der Waals surface area contributed by atoms with Gasteiger partial charge in [-0.3, -0.25) is 20.4 Å². The first kappa shape index (κ1) is 20.6. The Kier molecular flexibility index (Phi) is 6.64. The molecule has 2 amide bonds. The van der Waals surface area contributed by atoms with Gasteiger partial charge in [0.15, 0.2) is 0 Å². The number of rotatable bonds is 5. The van der Waals surface area contributed by atoms with Crippen LogP contribution >= 0.6 is 23.8 Å². The molecule has 3 rings (SSSR count). The van der Waals surface area contributed by atoms with E-state index in [1.807, 2.05) is 13.0 Å². The molecule has 1 heterocycles. The highest BCUT2D eigenvalue weighted by Gasteiger charge is 2.10. The van der Waals surface area contributed by atoms with Crippen molar-refractivity contribution in [2.45, 2.75) is 13.5 Å². The van der Waals surface area contributed by atoms with Crippen molar-refractivity contribution in [1.82, 2.24) is 15.8 Å². The molecule has 0 fully saturated rings. The second-order valence-corrected chi connectivity index (χ2v) is 7.03. The van der Waals surface area contributed by atoms with Gasteiger partial charge in [-0.05, 0) is 60.5 Å². The van der Waals surface area contributed by atoms with Gasteiger partial charge in [0.25, 0.3) is 11.8 Å². The first-order chi connectivity index (χ1) is 13.9. The van der Waals surface area contributed by atoms with Crippen LogP contribution in [0.2, 0.25) is 5.02 Å². The number of carbonyl (C=O) groups is 2. The molecule has 0 radical (unpaired) electrons. The molecule has 2 aromatic carbocycles. The summed E-state index contributed by atoms with van der Waals surface area (Å²) in [6.45, 7) is 2.26. The highest BCUT2D eigenvalue weighted by molar-refractivity contribution is 7.71. The Morgan fingerprint density at radius 2 is 1.79 bits per heavy atom. The molecule has 0 aliphatic carbocycles. The van der Waals surface area contributed by atoms with Gasteiger partial charge in [-0.2, -0.15) is 0 Å². The lowest BCUT2D eigenvalue weighted by Crippen LogP contribution is -2.41. The quantitative estimate of drug-likeness (QED) is 0.417. The van der Waals surface area contributed by atoms with Crippen LogP contribution in [0, 0.1) is 11.6 Å². The summed E-state index contributed by atoms with van der Waals surface area (Å²) >= 11 is 11.0. The smallest absolute Gasteiger partial charge is 0.272 e. The number of benzene rings is 2. The summed E-state index contributed by atoms with van der Waals surface area (Å²) in [6.07, 6.45) is 1.62. The number of nitrogens with one attached hydrogen (secondary N) is 3. The van der Waals surface area contributed by atoms with Crippen molar-refractivity contribution in [2.75, 3.05) is 0 Å². The zero-order valence-corrected chi connectivity index (χ0v) is 17.1. The van der Waals surface area contributed by atoms with Gasteiger partial charge in [-0.25, -0.2) is 0 Å². The molecule has 3 aromatic rings. The maximum absolute atomic E-state index is 12.2. The minimum Gasteiger partial charge on any atom is -0.489 e. The molecule has 0 saturated carbocycles. The Bertz CT molecular complexity index is 1100. The molecule has 0 saturated heterocycles.